The second-order valence-electron chi connectivity index (χ2n) is 9.73. The number of piperidine rings is 1. The molecule has 2 aliphatic rings. The average Bonchev–Trinajstić information content (AvgIpc) is 2.78. The number of likely N-dealkylation sites (tertiary alicyclic amines) is 1. The molecule has 9 heteroatoms. The number of sulfonamides is 1. The quantitative estimate of drug-likeness (QED) is 0.546. The molecule has 0 spiro atoms. The summed E-state index contributed by atoms with van der Waals surface area (Å²) in [5, 5.41) is 3.02. The molecule has 3 rings (SSSR count). The van der Waals surface area contributed by atoms with Crippen LogP contribution in [0.2, 0.25) is 0 Å². The number of carbonyl (C=O) groups is 1. The lowest BCUT2D eigenvalue weighted by Gasteiger charge is -2.34. The number of amides is 1. The van der Waals surface area contributed by atoms with Gasteiger partial charge in [-0.3, -0.25) is 4.79 Å². The van der Waals surface area contributed by atoms with Crippen LogP contribution >= 0.6 is 0 Å². The number of ether oxygens (including phenoxy) is 1. The number of benzene rings is 1. The minimum atomic E-state index is -3.63. The van der Waals surface area contributed by atoms with Gasteiger partial charge in [-0.2, -0.15) is 0 Å². The third kappa shape index (κ3) is 6.91. The number of nitrogens with zero attached hydrogens (tertiary/aromatic N) is 3. The summed E-state index contributed by atoms with van der Waals surface area (Å²) in [6.45, 7) is 11.1. The SMILES string of the molecule is CC1CC(C)CN(CCCCNC(=O)c2cc(S(=O)(=O)N(C)C)ccc2N2CCOCC2)C1. The molecule has 2 saturated heterocycles. The van der Waals surface area contributed by atoms with E-state index in [1.165, 1.54) is 30.9 Å². The first-order valence-corrected chi connectivity index (χ1v) is 13.5. The van der Waals surface area contributed by atoms with Crippen molar-refractivity contribution in [1.82, 2.24) is 14.5 Å². The Kier molecular flexibility index (Phi) is 9.15. The predicted molar refractivity (Wildman–Crippen MR) is 131 cm³/mol. The number of nitrogens with one attached hydrogen (secondary N) is 1. The van der Waals surface area contributed by atoms with Gasteiger partial charge in [0, 0.05) is 52.5 Å². The molecule has 1 aromatic carbocycles. The van der Waals surface area contributed by atoms with Gasteiger partial charge in [0.05, 0.1) is 23.7 Å². The summed E-state index contributed by atoms with van der Waals surface area (Å²) in [7, 11) is -0.637. The van der Waals surface area contributed by atoms with Crippen molar-refractivity contribution >= 4 is 21.6 Å². The van der Waals surface area contributed by atoms with Crippen molar-refractivity contribution < 1.29 is 17.9 Å². The van der Waals surface area contributed by atoms with Crippen molar-refractivity contribution in [3.8, 4) is 0 Å². The van der Waals surface area contributed by atoms with Crippen molar-refractivity contribution in [2.24, 2.45) is 11.8 Å². The van der Waals surface area contributed by atoms with Gasteiger partial charge in [0.2, 0.25) is 10.0 Å². The number of unbranched alkanes of at least 4 members (excludes halogenated alkanes) is 1. The van der Waals surface area contributed by atoms with Crippen LogP contribution in [0.15, 0.2) is 23.1 Å². The number of hydrogen-bond donors (Lipinski definition) is 1. The van der Waals surface area contributed by atoms with Crippen molar-refractivity contribution in [3.05, 3.63) is 23.8 Å². The summed E-state index contributed by atoms with van der Waals surface area (Å²) in [5.74, 6) is 1.27. The first-order chi connectivity index (χ1) is 15.7. The van der Waals surface area contributed by atoms with E-state index in [0.717, 1.165) is 50.0 Å². The summed E-state index contributed by atoms with van der Waals surface area (Å²) in [6.07, 6.45) is 3.24. The van der Waals surface area contributed by atoms with Gasteiger partial charge in [0.25, 0.3) is 5.91 Å². The van der Waals surface area contributed by atoms with E-state index in [2.05, 4.69) is 29.0 Å². The maximum absolute atomic E-state index is 13.1. The number of rotatable bonds is 9. The maximum Gasteiger partial charge on any atom is 0.253 e. The fourth-order valence-electron chi connectivity index (χ4n) is 4.88. The predicted octanol–water partition coefficient (Wildman–Crippen LogP) is 2.26. The van der Waals surface area contributed by atoms with E-state index in [1.807, 2.05) is 0 Å². The molecule has 1 amide bonds. The third-order valence-electron chi connectivity index (χ3n) is 6.47. The van der Waals surface area contributed by atoms with Gasteiger partial charge in [0.1, 0.15) is 0 Å². The van der Waals surface area contributed by atoms with Gasteiger partial charge in [-0.25, -0.2) is 12.7 Å². The lowest BCUT2D eigenvalue weighted by Crippen LogP contribution is -2.39. The van der Waals surface area contributed by atoms with E-state index < -0.39 is 10.0 Å². The molecule has 2 unspecified atom stereocenters. The Balaban J connectivity index is 1.63. The lowest BCUT2D eigenvalue weighted by atomic mass is 9.92. The Hall–Kier alpha value is -1.68. The summed E-state index contributed by atoms with van der Waals surface area (Å²) < 4.78 is 31.9. The van der Waals surface area contributed by atoms with Crippen LogP contribution in [0, 0.1) is 11.8 Å². The zero-order chi connectivity index (χ0) is 24.0. The van der Waals surface area contributed by atoms with E-state index in [1.54, 1.807) is 12.1 Å². The fraction of sp³-hybridized carbons (Fsp3) is 0.708. The Bertz CT molecular complexity index is 890. The zero-order valence-corrected chi connectivity index (χ0v) is 21.4. The molecule has 2 heterocycles. The van der Waals surface area contributed by atoms with Gasteiger partial charge >= 0.3 is 0 Å². The molecule has 8 nitrogen and oxygen atoms in total. The summed E-state index contributed by atoms with van der Waals surface area (Å²) in [6, 6.07) is 4.83. The summed E-state index contributed by atoms with van der Waals surface area (Å²) >= 11 is 0. The first-order valence-electron chi connectivity index (χ1n) is 12.1. The Morgan fingerprint density at radius 3 is 2.42 bits per heavy atom. The monoisotopic (exact) mass is 480 g/mol. The standard InChI is InChI=1S/C24H40N4O4S/c1-19-15-20(2)18-27(17-19)10-6-5-9-25-24(29)22-16-21(33(30,31)26(3)4)7-8-23(22)28-11-13-32-14-12-28/h7-8,16,19-20H,5-6,9-15,17-18H2,1-4H3,(H,25,29). The highest BCUT2D eigenvalue weighted by Gasteiger charge is 2.24. The number of carbonyl (C=O) groups excluding carboxylic acids is 1. The van der Waals surface area contributed by atoms with Crippen LogP contribution in [0.3, 0.4) is 0 Å². The summed E-state index contributed by atoms with van der Waals surface area (Å²) in [4.78, 5) is 17.9. The molecule has 0 aliphatic carbocycles. The van der Waals surface area contributed by atoms with Crippen LogP contribution in [0.1, 0.15) is 43.5 Å². The van der Waals surface area contributed by atoms with Crippen LogP contribution in [0.25, 0.3) is 0 Å². The largest absolute Gasteiger partial charge is 0.378 e. The molecule has 0 bridgehead atoms. The minimum absolute atomic E-state index is 0.128. The molecular formula is C24H40N4O4S. The Morgan fingerprint density at radius 1 is 1.12 bits per heavy atom. The number of morpholine rings is 1. The number of hydrogen-bond acceptors (Lipinski definition) is 6. The van der Waals surface area contributed by atoms with E-state index in [4.69, 9.17) is 4.74 Å². The molecule has 186 valence electrons. The van der Waals surface area contributed by atoms with Gasteiger partial charge in [-0.1, -0.05) is 13.8 Å². The highest BCUT2D eigenvalue weighted by Crippen LogP contribution is 2.26. The van der Waals surface area contributed by atoms with Crippen LogP contribution in [-0.4, -0.2) is 90.1 Å². The van der Waals surface area contributed by atoms with Crippen LogP contribution in [0.4, 0.5) is 5.69 Å². The fourth-order valence-corrected chi connectivity index (χ4v) is 5.81. The van der Waals surface area contributed by atoms with Crippen LogP contribution < -0.4 is 10.2 Å². The molecule has 0 aromatic heterocycles. The topological polar surface area (TPSA) is 82.2 Å². The van der Waals surface area contributed by atoms with Gasteiger partial charge in [-0.15, -0.1) is 0 Å². The number of anilines is 1. The molecule has 2 atom stereocenters. The highest BCUT2D eigenvalue weighted by atomic mass is 32.2. The average molecular weight is 481 g/mol. The van der Waals surface area contributed by atoms with Crippen LogP contribution in [-0.2, 0) is 14.8 Å². The first kappa shape index (κ1) is 25.9. The zero-order valence-electron chi connectivity index (χ0n) is 20.5. The summed E-state index contributed by atoms with van der Waals surface area (Å²) in [5.41, 5.74) is 1.16. The highest BCUT2D eigenvalue weighted by molar-refractivity contribution is 7.89. The van der Waals surface area contributed by atoms with E-state index in [0.29, 0.717) is 38.4 Å². The second-order valence-corrected chi connectivity index (χ2v) is 11.9. The third-order valence-corrected chi connectivity index (χ3v) is 8.29. The van der Waals surface area contributed by atoms with Gasteiger partial charge in [-0.05, 0) is 55.8 Å². The smallest absolute Gasteiger partial charge is 0.253 e. The molecular weight excluding hydrogens is 440 g/mol. The van der Waals surface area contributed by atoms with Gasteiger partial charge < -0.3 is 19.9 Å². The molecule has 1 N–H and O–H groups in total. The van der Waals surface area contributed by atoms with Crippen LogP contribution in [0.5, 0.6) is 0 Å². The van der Waals surface area contributed by atoms with Crippen molar-refractivity contribution in [2.75, 3.05) is 71.5 Å². The molecule has 0 saturated carbocycles. The lowest BCUT2D eigenvalue weighted by molar-refractivity contribution is 0.0950. The molecule has 33 heavy (non-hydrogen) atoms. The van der Waals surface area contributed by atoms with E-state index >= 15 is 0 Å². The molecule has 2 aliphatic heterocycles. The molecule has 0 radical (unpaired) electrons. The molecule has 1 aromatic rings. The second kappa shape index (κ2) is 11.6. The maximum atomic E-state index is 13.1. The van der Waals surface area contributed by atoms with Crippen molar-refractivity contribution in [1.29, 1.82) is 0 Å². The Labute approximate surface area is 199 Å². The van der Waals surface area contributed by atoms with Crippen molar-refractivity contribution in [2.45, 2.75) is 38.0 Å². The van der Waals surface area contributed by atoms with Gasteiger partial charge in [0.15, 0.2) is 0 Å². The van der Waals surface area contributed by atoms with Crippen molar-refractivity contribution in [3.63, 3.8) is 0 Å². The normalized spacial score (nSPS) is 22.5. The minimum Gasteiger partial charge on any atom is -0.378 e. The Morgan fingerprint density at radius 2 is 1.79 bits per heavy atom. The van der Waals surface area contributed by atoms with E-state index in [-0.39, 0.29) is 10.8 Å². The van der Waals surface area contributed by atoms with E-state index in [9.17, 15) is 13.2 Å². The molecule has 2 fully saturated rings.